The van der Waals surface area contributed by atoms with Crippen LogP contribution in [-0.4, -0.2) is 11.6 Å². The van der Waals surface area contributed by atoms with E-state index in [9.17, 15) is 4.79 Å². The van der Waals surface area contributed by atoms with Gasteiger partial charge in [-0.25, -0.2) is 0 Å². The van der Waals surface area contributed by atoms with Crippen molar-refractivity contribution >= 4 is 35.0 Å². The average molecular weight is 429 g/mol. The number of hydrazone groups is 1. The Morgan fingerprint density at radius 1 is 0.935 bits per heavy atom. The van der Waals surface area contributed by atoms with Crippen LogP contribution in [0.2, 0.25) is 5.02 Å². The van der Waals surface area contributed by atoms with Crippen molar-refractivity contribution < 1.29 is 4.79 Å². The molecule has 1 aliphatic heterocycles. The van der Waals surface area contributed by atoms with Crippen LogP contribution < -0.4 is 5.01 Å². The first-order chi connectivity index (χ1) is 15.0. The van der Waals surface area contributed by atoms with Gasteiger partial charge in [0, 0.05) is 5.02 Å². The average Bonchev–Trinajstić information content (AvgIpc) is 3.01. The summed E-state index contributed by atoms with van der Waals surface area (Å²) in [5.41, 5.74) is 4.24. The third-order valence-electron chi connectivity index (χ3n) is 5.82. The van der Waals surface area contributed by atoms with Gasteiger partial charge in [0.15, 0.2) is 0 Å². The zero-order valence-electron chi connectivity index (χ0n) is 17.8. The molecule has 31 heavy (non-hydrogen) atoms. The number of benzene rings is 3. The van der Waals surface area contributed by atoms with Crippen molar-refractivity contribution in [2.45, 2.75) is 26.7 Å². The van der Waals surface area contributed by atoms with Crippen LogP contribution in [0.5, 0.6) is 0 Å². The Morgan fingerprint density at radius 2 is 1.61 bits per heavy atom. The third-order valence-corrected chi connectivity index (χ3v) is 6.07. The summed E-state index contributed by atoms with van der Waals surface area (Å²) >= 11 is 5.99. The largest absolute Gasteiger partial charge is 0.271 e. The summed E-state index contributed by atoms with van der Waals surface area (Å²) in [7, 11) is 0. The highest BCUT2D eigenvalue weighted by Crippen LogP contribution is 2.39. The lowest BCUT2D eigenvalue weighted by Gasteiger charge is -2.27. The minimum absolute atomic E-state index is 0.0125. The van der Waals surface area contributed by atoms with E-state index in [0.29, 0.717) is 17.9 Å². The molecular weight excluding hydrogens is 404 g/mol. The Morgan fingerprint density at radius 3 is 2.29 bits per heavy atom. The highest BCUT2D eigenvalue weighted by Gasteiger charge is 2.48. The molecule has 3 nitrogen and oxygen atoms in total. The van der Waals surface area contributed by atoms with Crippen molar-refractivity contribution in [3.8, 4) is 0 Å². The summed E-state index contributed by atoms with van der Waals surface area (Å²) in [6, 6.07) is 25.7. The van der Waals surface area contributed by atoms with Crippen molar-refractivity contribution in [1.29, 1.82) is 0 Å². The van der Waals surface area contributed by atoms with Crippen LogP contribution in [0.25, 0.3) is 6.08 Å². The van der Waals surface area contributed by atoms with Crippen LogP contribution in [0.15, 0.2) is 90.0 Å². The maximum Gasteiger partial charge on any atom is 0.260 e. The molecule has 4 heteroatoms. The molecule has 1 aliphatic rings. The van der Waals surface area contributed by atoms with Gasteiger partial charge in [0.05, 0.1) is 16.8 Å². The molecule has 0 spiro atoms. The lowest BCUT2D eigenvalue weighted by molar-refractivity contribution is -0.123. The minimum atomic E-state index is -0.713. The summed E-state index contributed by atoms with van der Waals surface area (Å²) in [6.07, 6.45) is 5.29. The summed E-state index contributed by atoms with van der Waals surface area (Å²) in [4.78, 5) is 13.8. The molecule has 0 saturated carbocycles. The number of rotatable bonds is 6. The Labute approximate surface area is 188 Å². The topological polar surface area (TPSA) is 32.7 Å². The first-order valence-electron chi connectivity index (χ1n) is 10.4. The van der Waals surface area contributed by atoms with E-state index in [1.165, 1.54) is 0 Å². The van der Waals surface area contributed by atoms with E-state index in [-0.39, 0.29) is 5.91 Å². The molecule has 4 rings (SSSR count). The molecule has 0 bridgehead atoms. The van der Waals surface area contributed by atoms with Gasteiger partial charge in [0.2, 0.25) is 0 Å². The van der Waals surface area contributed by atoms with Gasteiger partial charge in [0.25, 0.3) is 5.91 Å². The predicted molar refractivity (Wildman–Crippen MR) is 129 cm³/mol. The molecule has 0 N–H and O–H groups in total. The Bertz CT molecular complexity index is 1120. The minimum Gasteiger partial charge on any atom is -0.271 e. The fourth-order valence-electron chi connectivity index (χ4n) is 3.93. The Kier molecular flexibility index (Phi) is 6.06. The van der Waals surface area contributed by atoms with Crippen LogP contribution in [0, 0.1) is 12.3 Å². The molecule has 1 heterocycles. The SMILES string of the molecule is CC1=NN(c2ccc(C)cc2)C(=O)[C@]1(C/C=C/c1ccc(Cl)cc1)Cc1ccccc1. The first-order valence-corrected chi connectivity index (χ1v) is 10.8. The van der Waals surface area contributed by atoms with Gasteiger partial charge in [-0.1, -0.05) is 83.9 Å². The highest BCUT2D eigenvalue weighted by atomic mass is 35.5. The molecule has 0 aliphatic carbocycles. The number of hydrogen-bond acceptors (Lipinski definition) is 2. The van der Waals surface area contributed by atoms with Crippen LogP contribution in [0.1, 0.15) is 30.0 Å². The van der Waals surface area contributed by atoms with E-state index in [1.54, 1.807) is 5.01 Å². The van der Waals surface area contributed by atoms with Crippen LogP contribution in [0.3, 0.4) is 0 Å². The molecule has 3 aromatic carbocycles. The first kappa shape index (κ1) is 21.1. The summed E-state index contributed by atoms with van der Waals surface area (Å²) in [5, 5.41) is 6.98. The molecule has 0 fully saturated rings. The maximum atomic E-state index is 13.8. The van der Waals surface area contributed by atoms with Gasteiger partial charge in [0.1, 0.15) is 0 Å². The van der Waals surface area contributed by atoms with Crippen molar-refractivity contribution in [2.75, 3.05) is 5.01 Å². The Balaban J connectivity index is 1.66. The van der Waals surface area contributed by atoms with Crippen LogP contribution in [-0.2, 0) is 11.2 Å². The second-order valence-corrected chi connectivity index (χ2v) is 8.48. The molecule has 0 saturated heterocycles. The number of anilines is 1. The summed E-state index contributed by atoms with van der Waals surface area (Å²) in [5.74, 6) is 0.0125. The molecular formula is C27H25ClN2O. The predicted octanol–water partition coefficient (Wildman–Crippen LogP) is 6.70. The lowest BCUT2D eigenvalue weighted by Crippen LogP contribution is -2.40. The highest BCUT2D eigenvalue weighted by molar-refractivity contribution is 6.30. The monoisotopic (exact) mass is 428 g/mol. The molecule has 1 atom stereocenters. The second kappa shape index (κ2) is 8.91. The van der Waals surface area contributed by atoms with Crippen molar-refractivity contribution in [3.63, 3.8) is 0 Å². The lowest BCUT2D eigenvalue weighted by atomic mass is 9.74. The zero-order chi connectivity index (χ0) is 21.8. The van der Waals surface area contributed by atoms with E-state index in [4.69, 9.17) is 16.7 Å². The van der Waals surface area contributed by atoms with E-state index in [2.05, 4.69) is 18.2 Å². The quantitative estimate of drug-likeness (QED) is 0.429. The summed E-state index contributed by atoms with van der Waals surface area (Å²) < 4.78 is 0. The third kappa shape index (κ3) is 4.47. The number of hydrogen-bond donors (Lipinski definition) is 0. The summed E-state index contributed by atoms with van der Waals surface area (Å²) in [6.45, 7) is 4.00. The van der Waals surface area contributed by atoms with Gasteiger partial charge >= 0.3 is 0 Å². The van der Waals surface area contributed by atoms with Gasteiger partial charge < -0.3 is 0 Å². The van der Waals surface area contributed by atoms with Gasteiger partial charge in [-0.2, -0.15) is 10.1 Å². The van der Waals surface area contributed by atoms with Gasteiger partial charge in [-0.15, -0.1) is 0 Å². The normalized spacial score (nSPS) is 18.6. The van der Waals surface area contributed by atoms with Crippen molar-refractivity contribution in [1.82, 2.24) is 0 Å². The van der Waals surface area contributed by atoms with Crippen LogP contribution >= 0.6 is 11.6 Å². The smallest absolute Gasteiger partial charge is 0.260 e. The molecule has 0 aromatic heterocycles. The van der Waals surface area contributed by atoms with E-state index >= 15 is 0 Å². The fourth-order valence-corrected chi connectivity index (χ4v) is 4.06. The molecule has 0 radical (unpaired) electrons. The molecule has 1 amide bonds. The van der Waals surface area contributed by atoms with E-state index < -0.39 is 5.41 Å². The van der Waals surface area contributed by atoms with E-state index in [0.717, 1.165) is 28.1 Å². The number of carbonyl (C=O) groups excluding carboxylic acids is 1. The Hall–Kier alpha value is -3.17. The van der Waals surface area contributed by atoms with Gasteiger partial charge in [-0.3, -0.25) is 4.79 Å². The maximum absolute atomic E-state index is 13.8. The number of amides is 1. The molecule has 3 aromatic rings. The van der Waals surface area contributed by atoms with Crippen LogP contribution in [0.4, 0.5) is 5.69 Å². The number of halogens is 1. The fraction of sp³-hybridized carbons (Fsp3) is 0.185. The number of carbonyl (C=O) groups is 1. The molecule has 156 valence electrons. The number of nitrogens with zero attached hydrogens (tertiary/aromatic N) is 2. The number of aryl methyl sites for hydroxylation is 1. The van der Waals surface area contributed by atoms with Crippen molar-refractivity contribution in [3.05, 3.63) is 107 Å². The number of allylic oxidation sites excluding steroid dienone is 1. The molecule has 0 unspecified atom stereocenters. The second-order valence-electron chi connectivity index (χ2n) is 8.04. The van der Waals surface area contributed by atoms with Gasteiger partial charge in [-0.05, 0) is 62.1 Å². The van der Waals surface area contributed by atoms with Crippen molar-refractivity contribution in [2.24, 2.45) is 10.5 Å². The zero-order valence-corrected chi connectivity index (χ0v) is 18.5. The standard InChI is InChI=1S/C27H25ClN2O/c1-20-10-16-25(17-11-20)30-26(31)27(21(2)29-30,19-23-7-4-3-5-8-23)18-6-9-22-12-14-24(28)15-13-22/h3-17H,18-19H2,1-2H3/b9-6+/t27-/m1/s1. The van der Waals surface area contributed by atoms with E-state index in [1.807, 2.05) is 86.7 Å².